The summed E-state index contributed by atoms with van der Waals surface area (Å²) in [6, 6.07) is 3.03. The molecule has 3 rings (SSSR count). The predicted molar refractivity (Wildman–Crippen MR) is 94.7 cm³/mol. The third-order valence-electron chi connectivity index (χ3n) is 4.25. The first-order chi connectivity index (χ1) is 12.3. The molecule has 2 aliphatic rings. The molecule has 0 unspecified atom stereocenters. The molecule has 8 heteroatoms. The number of hydrogen-bond donors (Lipinski definition) is 0. The van der Waals surface area contributed by atoms with Crippen LogP contribution in [0.1, 0.15) is 32.4 Å². The first-order valence-corrected chi connectivity index (χ1v) is 8.69. The summed E-state index contributed by atoms with van der Waals surface area (Å²) in [6.07, 6.45) is 3.89. The molecule has 2 atom stereocenters. The Bertz CT molecular complexity index is 678. The Morgan fingerprint density at radius 2 is 1.73 bits per heavy atom. The van der Waals surface area contributed by atoms with Crippen LogP contribution in [0, 0.1) is 0 Å². The average Bonchev–Trinajstić information content (AvgIpc) is 3.10. The van der Waals surface area contributed by atoms with Crippen molar-refractivity contribution in [3.8, 4) is 0 Å². The lowest BCUT2D eigenvalue weighted by molar-refractivity contribution is -0.135. The Balaban J connectivity index is 1.58. The molecule has 8 nitrogen and oxygen atoms in total. The first kappa shape index (κ1) is 18.2. The molecule has 2 amide bonds. The Kier molecular flexibility index (Phi) is 5.11. The molecule has 1 aromatic heterocycles. The smallest absolute Gasteiger partial charge is 0.410 e. The summed E-state index contributed by atoms with van der Waals surface area (Å²) in [5, 5.41) is 0. The topological polar surface area (TPSA) is 84.3 Å². The highest BCUT2D eigenvalue weighted by Gasteiger charge is 2.38. The number of ether oxygens (including phenoxy) is 2. The van der Waals surface area contributed by atoms with E-state index in [1.54, 1.807) is 22.2 Å². The van der Waals surface area contributed by atoms with Gasteiger partial charge in [0.2, 0.25) is 0 Å². The molecule has 1 saturated heterocycles. The predicted octanol–water partition coefficient (Wildman–Crippen LogP) is 1.63. The maximum absolute atomic E-state index is 12.9. The number of rotatable bonds is 2. The van der Waals surface area contributed by atoms with Crippen LogP contribution in [0.4, 0.5) is 4.79 Å². The fourth-order valence-corrected chi connectivity index (χ4v) is 2.95. The molecule has 0 N–H and O–H groups in total. The second-order valence-electron chi connectivity index (χ2n) is 7.33. The van der Waals surface area contributed by atoms with Crippen LogP contribution in [0.15, 0.2) is 29.5 Å². The second kappa shape index (κ2) is 7.31. The zero-order valence-corrected chi connectivity index (χ0v) is 15.3. The van der Waals surface area contributed by atoms with Gasteiger partial charge in [0.05, 0.1) is 0 Å². The monoisotopic (exact) mass is 360 g/mol. The lowest BCUT2D eigenvalue weighted by Gasteiger charge is -2.36. The van der Waals surface area contributed by atoms with Crippen LogP contribution in [0.2, 0.25) is 0 Å². The molecule has 0 aliphatic carbocycles. The highest BCUT2D eigenvalue weighted by Crippen LogP contribution is 2.28. The summed E-state index contributed by atoms with van der Waals surface area (Å²) in [5.41, 5.74) is 0.334. The van der Waals surface area contributed by atoms with Crippen molar-refractivity contribution in [3.63, 3.8) is 0 Å². The fourth-order valence-electron chi connectivity index (χ4n) is 2.95. The average molecular weight is 360 g/mol. The van der Waals surface area contributed by atoms with Gasteiger partial charge in [0.25, 0.3) is 5.91 Å². The van der Waals surface area contributed by atoms with Gasteiger partial charge in [-0.25, -0.2) is 9.79 Å². The summed E-state index contributed by atoms with van der Waals surface area (Å²) in [6.45, 7) is 7.29. The summed E-state index contributed by atoms with van der Waals surface area (Å²) in [4.78, 5) is 36.6. The largest absolute Gasteiger partial charge is 0.473 e. The van der Waals surface area contributed by atoms with E-state index in [0.29, 0.717) is 26.2 Å². The molecular weight excluding hydrogens is 336 g/mol. The van der Waals surface area contributed by atoms with Gasteiger partial charge >= 0.3 is 6.09 Å². The van der Waals surface area contributed by atoms with Crippen LogP contribution in [-0.2, 0) is 14.3 Å². The van der Waals surface area contributed by atoms with E-state index in [-0.39, 0.29) is 12.0 Å². The number of aromatic nitrogens is 1. The fraction of sp³-hybridized carbons (Fsp3) is 0.556. The first-order valence-electron chi connectivity index (χ1n) is 8.69. The third-order valence-corrected chi connectivity index (χ3v) is 4.25. The minimum atomic E-state index is -0.606. The molecule has 2 aliphatic heterocycles. The molecule has 0 bridgehead atoms. The Hall–Kier alpha value is -2.64. The zero-order valence-electron chi connectivity index (χ0n) is 15.3. The summed E-state index contributed by atoms with van der Waals surface area (Å²) >= 11 is 0. The van der Waals surface area contributed by atoms with Gasteiger partial charge in [-0.1, -0.05) is 0 Å². The third kappa shape index (κ3) is 4.12. The van der Waals surface area contributed by atoms with Crippen molar-refractivity contribution in [1.82, 2.24) is 14.8 Å². The van der Waals surface area contributed by atoms with Crippen LogP contribution < -0.4 is 0 Å². The van der Waals surface area contributed by atoms with Crippen molar-refractivity contribution < 1.29 is 19.1 Å². The van der Waals surface area contributed by atoms with Crippen LogP contribution >= 0.6 is 0 Å². The molecule has 0 saturated carbocycles. The SMILES string of the molecule is CC(C)(C)OC(=O)N1CCN(C(=O)[C@@H]2N=CO[C@H]2c2ccncc2)CC1. The van der Waals surface area contributed by atoms with Gasteiger partial charge in [-0.2, -0.15) is 0 Å². The molecule has 140 valence electrons. The Morgan fingerprint density at radius 1 is 1.12 bits per heavy atom. The van der Waals surface area contributed by atoms with Crippen molar-refractivity contribution in [2.45, 2.75) is 38.5 Å². The van der Waals surface area contributed by atoms with Crippen molar-refractivity contribution in [3.05, 3.63) is 30.1 Å². The molecule has 1 fully saturated rings. The van der Waals surface area contributed by atoms with E-state index in [1.807, 2.05) is 32.9 Å². The van der Waals surface area contributed by atoms with Gasteiger partial charge in [-0.15, -0.1) is 0 Å². The highest BCUT2D eigenvalue weighted by molar-refractivity contribution is 5.85. The molecule has 26 heavy (non-hydrogen) atoms. The second-order valence-corrected chi connectivity index (χ2v) is 7.33. The van der Waals surface area contributed by atoms with Gasteiger partial charge in [0.15, 0.2) is 18.5 Å². The van der Waals surface area contributed by atoms with Crippen LogP contribution in [-0.4, -0.2) is 71.0 Å². The molecule has 3 heterocycles. The van der Waals surface area contributed by atoms with Gasteiger partial charge in [-0.3, -0.25) is 9.78 Å². The lowest BCUT2D eigenvalue weighted by Crippen LogP contribution is -2.53. The molecular formula is C18H24N4O4. The molecule has 0 aromatic carbocycles. The maximum Gasteiger partial charge on any atom is 0.410 e. The van der Waals surface area contributed by atoms with E-state index in [9.17, 15) is 9.59 Å². The highest BCUT2D eigenvalue weighted by atomic mass is 16.6. The molecule has 0 radical (unpaired) electrons. The van der Waals surface area contributed by atoms with Crippen molar-refractivity contribution >= 4 is 18.4 Å². The van der Waals surface area contributed by atoms with Crippen molar-refractivity contribution in [2.24, 2.45) is 4.99 Å². The van der Waals surface area contributed by atoms with E-state index in [0.717, 1.165) is 5.56 Å². The van der Waals surface area contributed by atoms with E-state index in [2.05, 4.69) is 9.98 Å². The van der Waals surface area contributed by atoms with Crippen LogP contribution in [0.25, 0.3) is 0 Å². The van der Waals surface area contributed by atoms with Gasteiger partial charge in [-0.05, 0) is 38.5 Å². The summed E-state index contributed by atoms with van der Waals surface area (Å²) in [7, 11) is 0. The van der Waals surface area contributed by atoms with Gasteiger partial charge in [0, 0.05) is 38.6 Å². The molecule has 0 spiro atoms. The van der Waals surface area contributed by atoms with Crippen molar-refractivity contribution in [2.75, 3.05) is 26.2 Å². The minimum Gasteiger partial charge on any atom is -0.473 e. The Morgan fingerprint density at radius 3 is 2.35 bits per heavy atom. The standard InChI is InChI=1S/C18H24N4O4/c1-18(2,3)26-17(24)22-10-8-21(9-11-22)16(23)14-15(25-12-20-14)13-4-6-19-7-5-13/h4-7,12,14-15H,8-11H2,1-3H3/t14-,15+/m1/s1. The number of hydrogen-bond acceptors (Lipinski definition) is 6. The van der Waals surface area contributed by atoms with E-state index in [1.165, 1.54) is 6.40 Å². The Labute approximate surface area is 152 Å². The summed E-state index contributed by atoms with van der Waals surface area (Å²) in [5.74, 6) is -0.0931. The van der Waals surface area contributed by atoms with Crippen molar-refractivity contribution in [1.29, 1.82) is 0 Å². The van der Waals surface area contributed by atoms with E-state index >= 15 is 0 Å². The van der Waals surface area contributed by atoms with Crippen LogP contribution in [0.3, 0.4) is 0 Å². The minimum absolute atomic E-state index is 0.0931. The number of aliphatic imine (C=N–C) groups is 1. The van der Waals surface area contributed by atoms with Crippen LogP contribution in [0.5, 0.6) is 0 Å². The number of pyridine rings is 1. The van der Waals surface area contributed by atoms with Gasteiger partial charge < -0.3 is 19.3 Å². The quantitative estimate of drug-likeness (QED) is 0.800. The zero-order chi connectivity index (χ0) is 18.7. The maximum atomic E-state index is 12.9. The number of nitrogens with zero attached hydrogens (tertiary/aromatic N) is 4. The number of amides is 2. The van der Waals surface area contributed by atoms with E-state index in [4.69, 9.17) is 9.47 Å². The van der Waals surface area contributed by atoms with E-state index < -0.39 is 17.7 Å². The number of piperazine rings is 1. The molecule has 1 aromatic rings. The normalized spacial score (nSPS) is 22.9. The number of carbonyl (C=O) groups excluding carboxylic acids is 2. The van der Waals surface area contributed by atoms with Gasteiger partial charge in [0.1, 0.15) is 5.60 Å². The summed E-state index contributed by atoms with van der Waals surface area (Å²) < 4.78 is 10.9. The number of carbonyl (C=O) groups is 2. The lowest BCUT2D eigenvalue weighted by atomic mass is 10.0.